The molecule has 0 saturated carbocycles. The van der Waals surface area contributed by atoms with Crippen LogP contribution in [0.3, 0.4) is 0 Å². The smallest absolute Gasteiger partial charge is 0.254 e. The first kappa shape index (κ1) is 47.6. The molecule has 0 unspecified atom stereocenters. The minimum Gasteiger partial charge on any atom is -0.391 e. The number of rotatable bonds is 25. The largest absolute Gasteiger partial charge is 0.391 e. The van der Waals surface area contributed by atoms with Crippen molar-refractivity contribution in [3.8, 4) is 0 Å². The zero-order valence-electron chi connectivity index (χ0n) is 31.9. The van der Waals surface area contributed by atoms with E-state index in [4.69, 9.17) is 28.7 Å². The van der Waals surface area contributed by atoms with Crippen molar-refractivity contribution >= 4 is 41.4 Å². The Morgan fingerprint density at radius 1 is 0.579 bits per heavy atom. The van der Waals surface area contributed by atoms with Gasteiger partial charge < -0.3 is 70.8 Å². The summed E-state index contributed by atoms with van der Waals surface area (Å²) in [6.07, 6.45) is -3.34. The van der Waals surface area contributed by atoms with Crippen LogP contribution in [0, 0.1) is 0 Å². The van der Waals surface area contributed by atoms with Gasteiger partial charge in [0.15, 0.2) is 6.10 Å². The summed E-state index contributed by atoms with van der Waals surface area (Å²) in [4.78, 5) is 91.4. The zero-order chi connectivity index (χ0) is 42.5. The molecule has 0 aromatic heterocycles. The minimum atomic E-state index is -1.70. The summed E-state index contributed by atoms with van der Waals surface area (Å²) >= 11 is 0. The van der Waals surface area contributed by atoms with Crippen molar-refractivity contribution in [1.29, 1.82) is 0 Å². The maximum atomic E-state index is 13.7. The number of aliphatic hydroxyl groups excluding tert-OH is 2. The highest BCUT2D eigenvalue weighted by atomic mass is 16.3. The van der Waals surface area contributed by atoms with Gasteiger partial charge in [0, 0.05) is 13.0 Å². The van der Waals surface area contributed by atoms with Gasteiger partial charge >= 0.3 is 0 Å². The number of nitrogens with two attached hydrogens (primary N) is 5. The standard InChI is InChI=1S/C37H57N11O9/c1-21(49)29(48-35(55)26(14-18-40)44-32(52)24(41)12-16-38)36(56)43-19-15-27(46-37(57)30(50)23-10-6-3-7-11-23)34(54)45-25(13-17-39)33(53)47-28(31(42)51)20-22-8-4-2-5-9-22/h2-11,21,24-30,49-50H,12-20,38-41H2,1H3,(H2,42,51)(H,43,56)(H,44,52)(H,45,54)(H,46,57)(H,47,53)(H,48,55)/t21-,24+,25+,26+,27+,28-,29+,30-/m1/s1. The molecule has 20 nitrogen and oxygen atoms in total. The molecule has 0 heterocycles. The van der Waals surface area contributed by atoms with Gasteiger partial charge in [-0.15, -0.1) is 0 Å². The van der Waals surface area contributed by atoms with Gasteiger partial charge in [0.05, 0.1) is 12.1 Å². The molecule has 8 atom stereocenters. The van der Waals surface area contributed by atoms with Crippen LogP contribution >= 0.6 is 0 Å². The van der Waals surface area contributed by atoms with E-state index in [0.29, 0.717) is 5.56 Å². The second-order valence-electron chi connectivity index (χ2n) is 13.3. The van der Waals surface area contributed by atoms with Crippen LogP contribution in [0.4, 0.5) is 0 Å². The normalized spacial score (nSPS) is 15.2. The molecule has 0 radical (unpaired) electrons. The number of benzene rings is 2. The van der Waals surface area contributed by atoms with E-state index < -0.39 is 89.8 Å². The van der Waals surface area contributed by atoms with E-state index in [9.17, 15) is 43.8 Å². The lowest BCUT2D eigenvalue weighted by Crippen LogP contribution is -2.59. The topological polar surface area (TPSA) is 362 Å². The first-order valence-corrected chi connectivity index (χ1v) is 18.5. The fourth-order valence-electron chi connectivity index (χ4n) is 5.49. The van der Waals surface area contributed by atoms with Gasteiger partial charge in [-0.3, -0.25) is 33.6 Å². The third-order valence-electron chi connectivity index (χ3n) is 8.73. The van der Waals surface area contributed by atoms with E-state index >= 15 is 0 Å². The Bertz CT molecular complexity index is 1620. The summed E-state index contributed by atoms with van der Waals surface area (Å²) in [5.74, 6) is -5.86. The number of nitrogens with one attached hydrogen (secondary N) is 6. The number of primary amides is 1. The summed E-state index contributed by atoms with van der Waals surface area (Å²) in [5, 5.41) is 36.0. The number of hydrogen-bond acceptors (Lipinski definition) is 13. The number of hydrogen-bond donors (Lipinski definition) is 13. The van der Waals surface area contributed by atoms with Gasteiger partial charge in [0.2, 0.25) is 35.4 Å². The van der Waals surface area contributed by atoms with Crippen molar-refractivity contribution in [2.45, 2.75) is 87.5 Å². The van der Waals surface area contributed by atoms with E-state index in [-0.39, 0.29) is 63.8 Å². The van der Waals surface area contributed by atoms with E-state index in [0.717, 1.165) is 0 Å². The summed E-state index contributed by atoms with van der Waals surface area (Å²) in [5.41, 5.74) is 29.1. The summed E-state index contributed by atoms with van der Waals surface area (Å²) in [7, 11) is 0. The predicted octanol–water partition coefficient (Wildman–Crippen LogP) is -4.87. The highest BCUT2D eigenvalue weighted by Gasteiger charge is 2.33. The predicted molar refractivity (Wildman–Crippen MR) is 209 cm³/mol. The molecule has 18 N–H and O–H groups in total. The minimum absolute atomic E-state index is 0.0165. The van der Waals surface area contributed by atoms with Crippen LogP contribution in [-0.2, 0) is 40.0 Å². The molecule has 0 aliphatic heterocycles. The van der Waals surface area contributed by atoms with Gasteiger partial charge in [-0.25, -0.2) is 0 Å². The molecule has 0 saturated heterocycles. The molecule has 2 aromatic carbocycles. The van der Waals surface area contributed by atoms with Crippen LogP contribution in [0.25, 0.3) is 0 Å². The SMILES string of the molecule is C[C@@H](O)[C@H](NC(=O)[C@H](CCN)NC(=O)[C@@H](N)CCN)C(=O)NCC[C@H](NC(=O)[C@H](O)c1ccccc1)C(=O)N[C@@H](CCN)C(=O)N[C@H](Cc1ccccc1)C(N)=O. The van der Waals surface area contributed by atoms with Crippen molar-refractivity contribution in [2.24, 2.45) is 28.7 Å². The van der Waals surface area contributed by atoms with Crippen molar-refractivity contribution in [1.82, 2.24) is 31.9 Å². The molecule has 0 bridgehead atoms. The third-order valence-corrected chi connectivity index (χ3v) is 8.73. The fraction of sp³-hybridized carbons (Fsp3) is 0.486. The Balaban J connectivity index is 2.23. The molecule has 57 heavy (non-hydrogen) atoms. The Morgan fingerprint density at radius 3 is 1.54 bits per heavy atom. The fourth-order valence-corrected chi connectivity index (χ4v) is 5.49. The number of amides is 7. The van der Waals surface area contributed by atoms with Crippen molar-refractivity contribution < 1.29 is 43.8 Å². The van der Waals surface area contributed by atoms with Crippen LogP contribution in [0.2, 0.25) is 0 Å². The van der Waals surface area contributed by atoms with Gasteiger partial charge in [-0.1, -0.05) is 60.7 Å². The summed E-state index contributed by atoms with van der Waals surface area (Å²) in [6, 6.07) is 8.99. The average molecular weight is 800 g/mol. The lowest BCUT2D eigenvalue weighted by molar-refractivity contribution is -0.136. The first-order chi connectivity index (χ1) is 27.1. The Kier molecular flexibility index (Phi) is 20.8. The van der Waals surface area contributed by atoms with Crippen LogP contribution < -0.4 is 60.6 Å². The molecular formula is C37H57N11O9. The molecule has 314 valence electrons. The van der Waals surface area contributed by atoms with Crippen molar-refractivity contribution in [3.63, 3.8) is 0 Å². The molecule has 2 rings (SSSR count). The van der Waals surface area contributed by atoms with Crippen LogP contribution in [-0.4, -0.2) is 120 Å². The van der Waals surface area contributed by atoms with E-state index in [1.165, 1.54) is 19.1 Å². The molecule has 0 aliphatic rings. The Morgan fingerprint density at radius 2 is 1.04 bits per heavy atom. The van der Waals surface area contributed by atoms with Gasteiger partial charge in [-0.2, -0.15) is 0 Å². The lowest BCUT2D eigenvalue weighted by atomic mass is 10.0. The Labute approximate surface area is 330 Å². The second kappa shape index (κ2) is 24.9. The number of carbonyl (C=O) groups is 7. The molecule has 20 heteroatoms. The third kappa shape index (κ3) is 16.2. The Hall–Kier alpha value is -5.51. The maximum absolute atomic E-state index is 13.7. The van der Waals surface area contributed by atoms with Gasteiger partial charge in [0.1, 0.15) is 30.2 Å². The first-order valence-electron chi connectivity index (χ1n) is 18.5. The van der Waals surface area contributed by atoms with E-state index in [2.05, 4.69) is 31.9 Å². The molecular weight excluding hydrogens is 742 g/mol. The van der Waals surface area contributed by atoms with Gasteiger partial charge in [0.25, 0.3) is 5.91 Å². The van der Waals surface area contributed by atoms with Crippen molar-refractivity contribution in [2.75, 3.05) is 26.2 Å². The van der Waals surface area contributed by atoms with Crippen LogP contribution in [0.15, 0.2) is 60.7 Å². The second-order valence-corrected chi connectivity index (χ2v) is 13.3. The average Bonchev–Trinajstić information content (AvgIpc) is 3.18. The van der Waals surface area contributed by atoms with E-state index in [1.54, 1.807) is 48.5 Å². The summed E-state index contributed by atoms with van der Waals surface area (Å²) in [6.45, 7) is 0.953. The molecule has 7 amide bonds. The molecule has 0 aliphatic carbocycles. The van der Waals surface area contributed by atoms with E-state index in [1.807, 2.05) is 0 Å². The zero-order valence-corrected chi connectivity index (χ0v) is 31.9. The monoisotopic (exact) mass is 799 g/mol. The molecule has 0 fully saturated rings. The van der Waals surface area contributed by atoms with Crippen molar-refractivity contribution in [3.05, 3.63) is 71.8 Å². The number of aliphatic hydroxyl groups is 2. The maximum Gasteiger partial charge on any atom is 0.254 e. The molecule has 2 aromatic rings. The molecule has 0 spiro atoms. The highest BCUT2D eigenvalue weighted by Crippen LogP contribution is 2.13. The summed E-state index contributed by atoms with van der Waals surface area (Å²) < 4.78 is 0. The quantitative estimate of drug-likeness (QED) is 0.0449. The number of carbonyl (C=O) groups excluding carboxylic acids is 7. The van der Waals surface area contributed by atoms with Crippen LogP contribution in [0.5, 0.6) is 0 Å². The van der Waals surface area contributed by atoms with Gasteiger partial charge in [-0.05, 0) is 63.4 Å². The lowest BCUT2D eigenvalue weighted by Gasteiger charge is -2.26. The highest BCUT2D eigenvalue weighted by molar-refractivity contribution is 5.95. The van der Waals surface area contributed by atoms with Crippen LogP contribution in [0.1, 0.15) is 49.8 Å².